The fourth-order valence-corrected chi connectivity index (χ4v) is 23.4. The second-order valence-electron chi connectivity index (χ2n) is 18.5. The lowest BCUT2D eigenvalue weighted by Crippen LogP contribution is -2.42. The van der Waals surface area contributed by atoms with Crippen molar-refractivity contribution in [3.8, 4) is 23.0 Å². The van der Waals surface area contributed by atoms with Gasteiger partial charge in [0.2, 0.25) is 0 Å². The molecule has 4 aromatic carbocycles. The number of rotatable bonds is 18. The number of carbonyl (C=O) groups excluding carboxylic acids is 2. The quantitative estimate of drug-likeness (QED) is 0.0555. The maximum absolute atomic E-state index is 12.9. The van der Waals surface area contributed by atoms with Crippen LogP contribution in [0.4, 0.5) is 9.59 Å². The van der Waals surface area contributed by atoms with Crippen LogP contribution in [0.3, 0.4) is 0 Å². The second-order valence-corrected chi connectivity index (χ2v) is 36.6. The monoisotopic (exact) mass is 876 g/mol. The summed E-state index contributed by atoms with van der Waals surface area (Å²) in [4.78, 5) is 25.7. The SMILES string of the molecule is C.C.CC(C)(c1ccc(OC(=O)Oc2ccccc2CCC[Si](C)(C)O[Si](C)(C)C)cc1)c1ccc(OC(=O)Oc2ccccc2CCC[Si](C)(C)O[Si](C)(C)C)cc1. The van der Waals surface area contributed by atoms with Gasteiger partial charge in [0.05, 0.1) is 0 Å². The van der Waals surface area contributed by atoms with Gasteiger partial charge in [0.15, 0.2) is 33.3 Å². The maximum atomic E-state index is 12.9. The Kier molecular flexibility index (Phi) is 18.8. The van der Waals surface area contributed by atoms with E-state index in [2.05, 4.69) is 79.3 Å². The lowest BCUT2D eigenvalue weighted by molar-refractivity contribution is 0.150. The highest BCUT2D eigenvalue weighted by Crippen LogP contribution is 2.34. The minimum Gasteiger partial charge on any atom is -0.456 e. The van der Waals surface area contributed by atoms with Crippen LogP contribution >= 0.6 is 0 Å². The molecule has 4 rings (SSSR count). The topological polar surface area (TPSA) is 89.5 Å². The molecule has 0 amide bonds. The van der Waals surface area contributed by atoms with E-state index < -0.39 is 51.0 Å². The zero-order valence-electron chi connectivity index (χ0n) is 36.2. The molecule has 0 spiro atoms. The first kappa shape index (κ1) is 51.3. The van der Waals surface area contributed by atoms with Crippen molar-refractivity contribution in [1.29, 1.82) is 0 Å². The summed E-state index contributed by atoms with van der Waals surface area (Å²) in [7, 11) is -6.72. The molecule has 0 atom stereocenters. The number of hydrogen-bond donors (Lipinski definition) is 0. The van der Waals surface area contributed by atoms with E-state index in [1.54, 1.807) is 36.4 Å². The number of aryl methyl sites for hydroxylation is 2. The van der Waals surface area contributed by atoms with E-state index in [0.29, 0.717) is 23.0 Å². The van der Waals surface area contributed by atoms with E-state index in [1.807, 2.05) is 60.7 Å². The molecule has 8 nitrogen and oxygen atoms in total. The average molecular weight is 877 g/mol. The summed E-state index contributed by atoms with van der Waals surface area (Å²) in [5.41, 5.74) is 3.57. The highest BCUT2D eigenvalue weighted by atomic mass is 28.4. The molecule has 0 heterocycles. The molecular formula is C47H72O8Si4. The zero-order chi connectivity index (χ0) is 42.1. The highest BCUT2D eigenvalue weighted by molar-refractivity contribution is 6.84. The van der Waals surface area contributed by atoms with Crippen molar-refractivity contribution in [2.75, 3.05) is 0 Å². The smallest absolute Gasteiger partial charge is 0.456 e. The predicted octanol–water partition coefficient (Wildman–Crippen LogP) is 14.4. The minimum atomic E-state index is -1.76. The lowest BCUT2D eigenvalue weighted by Gasteiger charge is -2.31. The first-order valence-electron chi connectivity index (χ1n) is 20.1. The van der Waals surface area contributed by atoms with Gasteiger partial charge in [0, 0.05) is 5.41 Å². The Morgan fingerprint density at radius 3 is 1.12 bits per heavy atom. The van der Waals surface area contributed by atoms with Crippen LogP contribution in [0.25, 0.3) is 0 Å². The summed E-state index contributed by atoms with van der Waals surface area (Å²) < 4.78 is 35.5. The number of carbonyl (C=O) groups is 2. The Bertz CT molecular complexity index is 1790. The van der Waals surface area contributed by atoms with Crippen LogP contribution in [0.2, 0.25) is 77.6 Å². The number of para-hydroxylation sites is 2. The second kappa shape index (κ2) is 21.6. The molecule has 0 unspecified atom stereocenters. The van der Waals surface area contributed by atoms with E-state index in [9.17, 15) is 9.59 Å². The van der Waals surface area contributed by atoms with Gasteiger partial charge in [-0.15, -0.1) is 0 Å². The van der Waals surface area contributed by atoms with Crippen molar-refractivity contribution in [2.24, 2.45) is 0 Å². The van der Waals surface area contributed by atoms with Gasteiger partial charge in [0.1, 0.15) is 23.0 Å². The van der Waals surface area contributed by atoms with Crippen LogP contribution in [0.1, 0.15) is 63.8 Å². The van der Waals surface area contributed by atoms with E-state index in [1.165, 1.54) is 0 Å². The third-order valence-corrected chi connectivity index (χ3v) is 21.9. The Labute approximate surface area is 360 Å². The highest BCUT2D eigenvalue weighted by Gasteiger charge is 2.30. The van der Waals surface area contributed by atoms with Crippen LogP contribution in [-0.4, -0.2) is 45.6 Å². The first-order valence-corrected chi connectivity index (χ1v) is 33.1. The third kappa shape index (κ3) is 17.4. The van der Waals surface area contributed by atoms with E-state index in [4.69, 9.17) is 27.2 Å². The average Bonchev–Trinajstić information content (AvgIpc) is 3.08. The summed E-state index contributed by atoms with van der Waals surface area (Å²) in [6, 6.07) is 32.1. The fourth-order valence-electron chi connectivity index (χ4n) is 7.25. The molecule has 0 N–H and O–H groups in total. The molecule has 0 saturated carbocycles. The lowest BCUT2D eigenvalue weighted by atomic mass is 9.78. The molecule has 0 saturated heterocycles. The van der Waals surface area contributed by atoms with Gasteiger partial charge in [-0.05, 0) is 162 Å². The fraction of sp³-hybridized carbons (Fsp3) is 0.447. The number of ether oxygens (including phenoxy) is 4. The Morgan fingerprint density at radius 2 is 0.797 bits per heavy atom. The summed E-state index contributed by atoms with van der Waals surface area (Å²) in [5.74, 6) is 1.80. The third-order valence-electron chi connectivity index (χ3n) is 9.50. The van der Waals surface area contributed by atoms with Gasteiger partial charge in [-0.3, -0.25) is 0 Å². The molecule has 0 fully saturated rings. The van der Waals surface area contributed by atoms with Gasteiger partial charge in [-0.25, -0.2) is 9.59 Å². The summed E-state index contributed by atoms with van der Waals surface area (Å²) in [6.07, 6.45) is 1.95. The van der Waals surface area contributed by atoms with Gasteiger partial charge < -0.3 is 27.2 Å². The summed E-state index contributed by atoms with van der Waals surface area (Å²) >= 11 is 0. The van der Waals surface area contributed by atoms with Crippen LogP contribution in [-0.2, 0) is 26.5 Å². The molecule has 0 aliphatic heterocycles. The van der Waals surface area contributed by atoms with Crippen LogP contribution in [0, 0.1) is 0 Å². The largest absolute Gasteiger partial charge is 0.519 e. The predicted molar refractivity (Wildman–Crippen MR) is 255 cm³/mol. The van der Waals surface area contributed by atoms with Crippen molar-refractivity contribution >= 4 is 45.6 Å². The first-order chi connectivity index (χ1) is 26.5. The maximum Gasteiger partial charge on any atom is 0.519 e. The van der Waals surface area contributed by atoms with Crippen LogP contribution < -0.4 is 18.9 Å². The van der Waals surface area contributed by atoms with E-state index in [-0.39, 0.29) is 14.9 Å². The Morgan fingerprint density at radius 1 is 0.475 bits per heavy atom. The molecular weight excluding hydrogens is 805 g/mol. The molecule has 0 aliphatic rings. The van der Waals surface area contributed by atoms with Gasteiger partial charge in [0.25, 0.3) is 0 Å². The molecule has 59 heavy (non-hydrogen) atoms. The molecule has 4 aromatic rings. The van der Waals surface area contributed by atoms with Gasteiger partial charge in [-0.2, -0.15) is 0 Å². The van der Waals surface area contributed by atoms with E-state index >= 15 is 0 Å². The van der Waals surface area contributed by atoms with Gasteiger partial charge >= 0.3 is 12.3 Å². The number of benzene rings is 4. The number of hydrogen-bond acceptors (Lipinski definition) is 8. The zero-order valence-corrected chi connectivity index (χ0v) is 40.2. The standard InChI is InChI=1S/C45H64O8Si4.2CH4/c1-45(2,37-25-29-39(30-26-37)48-43(46)50-41-23-15-13-19-35(41)21-17-33-56(9,10)52-54(3,4)5)38-27-31-40(32-28-38)49-44(47)51-42-24-16-14-20-36(42)22-18-34-57(11,12)53-55(6,7)8;;/h13-16,19-20,23-32H,17-18,21-22,33-34H2,1-12H3;2*1H4. The van der Waals surface area contributed by atoms with E-state index in [0.717, 1.165) is 60.0 Å². The van der Waals surface area contributed by atoms with Crippen molar-refractivity contribution in [3.63, 3.8) is 0 Å². The molecule has 12 heteroatoms. The molecule has 0 radical (unpaired) electrons. The van der Waals surface area contributed by atoms with Crippen molar-refractivity contribution < 1.29 is 36.8 Å². The van der Waals surface area contributed by atoms with Crippen LogP contribution in [0.5, 0.6) is 23.0 Å². The summed E-state index contributed by atoms with van der Waals surface area (Å²) in [6.45, 7) is 26.7. The molecule has 324 valence electrons. The van der Waals surface area contributed by atoms with Crippen LogP contribution in [0.15, 0.2) is 97.1 Å². The molecule has 0 aliphatic carbocycles. The normalized spacial score (nSPS) is 12.1. The minimum absolute atomic E-state index is 0. The van der Waals surface area contributed by atoms with Crippen molar-refractivity contribution in [2.45, 2.75) is 137 Å². The van der Waals surface area contributed by atoms with Gasteiger partial charge in [-0.1, -0.05) is 89.4 Å². The molecule has 0 bridgehead atoms. The van der Waals surface area contributed by atoms with Crippen molar-refractivity contribution in [1.82, 2.24) is 0 Å². The molecule has 0 aromatic heterocycles. The Hall–Kier alpha value is -3.79. The van der Waals surface area contributed by atoms with Crippen molar-refractivity contribution in [3.05, 3.63) is 119 Å². The Balaban J connectivity index is 0.00000600. The summed E-state index contributed by atoms with van der Waals surface area (Å²) in [5, 5.41) is 0.